The minimum Gasteiger partial charge on any atom is -0.225 e. The standard InChI is InChI=1S/C44H40N3/c1-28(2)39-25-36(33-21-19-32(20-22-33)31-13-8-7-9-14-31)26-40(29(3)4)43(39)47-42-35(27-45)16-12-18-41(42)46(6)44(47)38-24-23-34-15-10-11-17-37(34)30(38)5/h7-26,28-29H,1-6H3/q+1. The summed E-state index contributed by atoms with van der Waals surface area (Å²) in [6.45, 7) is 11.3. The van der Waals surface area contributed by atoms with E-state index in [1.807, 2.05) is 12.1 Å². The van der Waals surface area contributed by atoms with Crippen molar-refractivity contribution in [2.75, 3.05) is 0 Å². The second kappa shape index (κ2) is 12.0. The van der Waals surface area contributed by atoms with Crippen LogP contribution >= 0.6 is 0 Å². The summed E-state index contributed by atoms with van der Waals surface area (Å²) in [5.74, 6) is 1.57. The van der Waals surface area contributed by atoms with Crippen molar-refractivity contribution in [1.29, 1.82) is 5.26 Å². The van der Waals surface area contributed by atoms with Gasteiger partial charge in [0.2, 0.25) is 0 Å². The smallest absolute Gasteiger partial charge is 0.225 e. The summed E-state index contributed by atoms with van der Waals surface area (Å²) in [4.78, 5) is 0. The molecule has 0 saturated carbocycles. The number of imidazole rings is 1. The molecule has 0 spiro atoms. The first kappa shape index (κ1) is 30.2. The Balaban J connectivity index is 1.54. The fourth-order valence-electron chi connectivity index (χ4n) is 7.16. The van der Waals surface area contributed by atoms with Crippen LogP contribution < -0.4 is 4.57 Å². The van der Waals surface area contributed by atoms with E-state index in [4.69, 9.17) is 0 Å². The van der Waals surface area contributed by atoms with Gasteiger partial charge in [0.25, 0.3) is 5.82 Å². The van der Waals surface area contributed by atoms with Gasteiger partial charge in [0, 0.05) is 11.1 Å². The van der Waals surface area contributed by atoms with Gasteiger partial charge in [0.15, 0.2) is 11.0 Å². The molecule has 6 aromatic carbocycles. The predicted octanol–water partition coefficient (Wildman–Crippen LogP) is 11.0. The number of para-hydroxylation sites is 1. The van der Waals surface area contributed by atoms with E-state index in [0.29, 0.717) is 5.56 Å². The third-order valence-electron chi connectivity index (χ3n) is 9.65. The van der Waals surface area contributed by atoms with Gasteiger partial charge in [-0.05, 0) is 87.7 Å². The lowest BCUT2D eigenvalue weighted by Gasteiger charge is -2.21. The fourth-order valence-corrected chi connectivity index (χ4v) is 7.16. The van der Waals surface area contributed by atoms with Crippen LogP contribution in [0.4, 0.5) is 0 Å². The highest BCUT2D eigenvalue weighted by Gasteiger charge is 2.33. The van der Waals surface area contributed by atoms with Crippen molar-refractivity contribution < 1.29 is 4.57 Å². The molecule has 0 fully saturated rings. The highest BCUT2D eigenvalue weighted by molar-refractivity contribution is 5.93. The molecule has 0 radical (unpaired) electrons. The van der Waals surface area contributed by atoms with Gasteiger partial charge in [0.1, 0.15) is 17.3 Å². The van der Waals surface area contributed by atoms with Crippen LogP contribution in [0.25, 0.3) is 61.1 Å². The van der Waals surface area contributed by atoms with Crippen LogP contribution in [0.5, 0.6) is 0 Å². The predicted molar refractivity (Wildman–Crippen MR) is 196 cm³/mol. The molecular weight excluding hydrogens is 571 g/mol. The van der Waals surface area contributed by atoms with E-state index in [9.17, 15) is 5.26 Å². The highest BCUT2D eigenvalue weighted by Crippen LogP contribution is 2.41. The van der Waals surface area contributed by atoms with Crippen molar-refractivity contribution in [1.82, 2.24) is 4.57 Å². The highest BCUT2D eigenvalue weighted by atomic mass is 15.2. The number of aryl methyl sites for hydroxylation is 2. The zero-order valence-corrected chi connectivity index (χ0v) is 28.0. The monoisotopic (exact) mass is 610 g/mol. The quantitative estimate of drug-likeness (QED) is 0.172. The summed E-state index contributed by atoms with van der Waals surface area (Å²) in [5.41, 5.74) is 13.6. The summed E-state index contributed by atoms with van der Waals surface area (Å²) in [6, 6.07) is 45.9. The molecule has 0 N–H and O–H groups in total. The Bertz CT molecular complexity index is 2290. The van der Waals surface area contributed by atoms with Crippen LogP contribution in [0.2, 0.25) is 0 Å². The molecule has 0 aliphatic heterocycles. The van der Waals surface area contributed by atoms with Crippen LogP contribution in [-0.2, 0) is 7.05 Å². The van der Waals surface area contributed by atoms with Crippen LogP contribution in [0.15, 0.2) is 121 Å². The number of hydrogen-bond acceptors (Lipinski definition) is 1. The van der Waals surface area contributed by atoms with E-state index in [-0.39, 0.29) is 11.8 Å². The summed E-state index contributed by atoms with van der Waals surface area (Å²) in [5, 5.41) is 12.9. The number of nitriles is 1. The topological polar surface area (TPSA) is 32.6 Å². The molecule has 0 atom stereocenters. The SMILES string of the molecule is Cc1c(-c2n(-c3c(C(C)C)cc(-c4ccc(-c5ccccc5)cc4)cc3C(C)C)c3c(C#N)cccc3[n+]2C)ccc2ccccc12. The molecule has 47 heavy (non-hydrogen) atoms. The van der Waals surface area contributed by atoms with Crippen molar-refractivity contribution in [3.63, 3.8) is 0 Å². The third-order valence-corrected chi connectivity index (χ3v) is 9.65. The Kier molecular flexibility index (Phi) is 7.74. The van der Waals surface area contributed by atoms with Gasteiger partial charge in [-0.25, -0.2) is 4.57 Å². The van der Waals surface area contributed by atoms with E-state index in [1.54, 1.807) is 0 Å². The minimum atomic E-state index is 0.244. The van der Waals surface area contributed by atoms with E-state index in [1.165, 1.54) is 55.4 Å². The van der Waals surface area contributed by atoms with Crippen LogP contribution in [0.1, 0.15) is 61.8 Å². The average molecular weight is 611 g/mol. The zero-order valence-electron chi connectivity index (χ0n) is 28.0. The van der Waals surface area contributed by atoms with Gasteiger partial charge in [0.05, 0.1) is 12.6 Å². The van der Waals surface area contributed by atoms with E-state index in [2.05, 4.69) is 166 Å². The summed E-state index contributed by atoms with van der Waals surface area (Å²) in [7, 11) is 2.14. The van der Waals surface area contributed by atoms with Gasteiger partial charge in [-0.1, -0.05) is 119 Å². The maximum Gasteiger partial charge on any atom is 0.295 e. The molecule has 0 unspecified atom stereocenters. The van der Waals surface area contributed by atoms with E-state index in [0.717, 1.165) is 22.4 Å². The van der Waals surface area contributed by atoms with Crippen LogP contribution in [-0.4, -0.2) is 4.57 Å². The Labute approximate surface area is 278 Å². The normalized spacial score (nSPS) is 11.6. The van der Waals surface area contributed by atoms with Crippen LogP contribution in [0, 0.1) is 18.3 Å². The molecule has 0 bridgehead atoms. The second-order valence-corrected chi connectivity index (χ2v) is 13.2. The molecule has 0 aliphatic rings. The molecule has 0 aliphatic carbocycles. The van der Waals surface area contributed by atoms with Crippen molar-refractivity contribution in [3.8, 4) is 45.4 Å². The van der Waals surface area contributed by atoms with Crippen molar-refractivity contribution in [3.05, 3.63) is 144 Å². The molecule has 1 heterocycles. The Morgan fingerprint density at radius 1 is 0.638 bits per heavy atom. The second-order valence-electron chi connectivity index (χ2n) is 13.2. The largest absolute Gasteiger partial charge is 0.295 e. The molecular formula is C44H40N3+. The average Bonchev–Trinajstić information content (AvgIpc) is 3.39. The van der Waals surface area contributed by atoms with Gasteiger partial charge >= 0.3 is 0 Å². The van der Waals surface area contributed by atoms with E-state index < -0.39 is 0 Å². The number of rotatable bonds is 6. The number of aromatic nitrogens is 2. The van der Waals surface area contributed by atoms with E-state index >= 15 is 0 Å². The van der Waals surface area contributed by atoms with Gasteiger partial charge in [-0.15, -0.1) is 0 Å². The first-order valence-electron chi connectivity index (χ1n) is 16.5. The molecule has 3 nitrogen and oxygen atoms in total. The molecule has 3 heteroatoms. The summed E-state index contributed by atoms with van der Waals surface area (Å²) < 4.78 is 4.68. The Morgan fingerprint density at radius 2 is 1.23 bits per heavy atom. The summed E-state index contributed by atoms with van der Waals surface area (Å²) in [6.07, 6.45) is 0. The van der Waals surface area contributed by atoms with Gasteiger partial charge in [-0.3, -0.25) is 0 Å². The lowest BCUT2D eigenvalue weighted by Crippen LogP contribution is -2.30. The molecule has 7 aromatic rings. The number of benzene rings is 6. The molecule has 230 valence electrons. The van der Waals surface area contributed by atoms with Gasteiger partial charge < -0.3 is 0 Å². The summed E-state index contributed by atoms with van der Waals surface area (Å²) >= 11 is 0. The third kappa shape index (κ3) is 5.11. The first-order valence-corrected chi connectivity index (χ1v) is 16.5. The van der Waals surface area contributed by atoms with Crippen molar-refractivity contribution in [2.24, 2.45) is 7.05 Å². The first-order chi connectivity index (χ1) is 22.8. The number of fused-ring (bicyclic) bond motifs is 2. The number of hydrogen-bond donors (Lipinski definition) is 0. The van der Waals surface area contributed by atoms with Crippen molar-refractivity contribution in [2.45, 2.75) is 46.5 Å². The lowest BCUT2D eigenvalue weighted by atomic mass is 9.87. The fraction of sp³-hybridized carbons (Fsp3) is 0.182. The maximum atomic E-state index is 10.5. The molecule has 0 amide bonds. The van der Waals surface area contributed by atoms with Crippen LogP contribution in [0.3, 0.4) is 0 Å². The minimum absolute atomic E-state index is 0.244. The Morgan fingerprint density at radius 3 is 1.87 bits per heavy atom. The number of nitrogens with zero attached hydrogens (tertiary/aromatic N) is 3. The van der Waals surface area contributed by atoms with Gasteiger partial charge in [-0.2, -0.15) is 9.83 Å². The maximum absolute atomic E-state index is 10.5. The Hall–Kier alpha value is -5.46. The lowest BCUT2D eigenvalue weighted by molar-refractivity contribution is -0.633. The molecule has 7 rings (SSSR count). The zero-order chi connectivity index (χ0) is 32.8. The molecule has 1 aromatic heterocycles. The van der Waals surface area contributed by atoms with Crippen molar-refractivity contribution >= 4 is 21.8 Å². The molecule has 0 saturated heterocycles.